The van der Waals surface area contributed by atoms with E-state index in [2.05, 4.69) is 31.4 Å². The lowest BCUT2D eigenvalue weighted by Crippen LogP contribution is -2.37. The van der Waals surface area contributed by atoms with Crippen molar-refractivity contribution >= 4 is 55.7 Å². The highest BCUT2D eigenvalue weighted by molar-refractivity contribution is 9.10. The summed E-state index contributed by atoms with van der Waals surface area (Å²) in [7, 11) is 0. The third kappa shape index (κ3) is 3.02. The van der Waals surface area contributed by atoms with Gasteiger partial charge in [-0.25, -0.2) is 0 Å². The number of halogens is 1. The molecule has 7 nitrogen and oxygen atoms in total. The van der Waals surface area contributed by atoms with E-state index >= 15 is 0 Å². The molecule has 23 heavy (non-hydrogen) atoms. The van der Waals surface area contributed by atoms with Crippen molar-refractivity contribution in [3.8, 4) is 0 Å². The number of carbonyl (C=O) groups excluding carboxylic acids is 3. The van der Waals surface area contributed by atoms with E-state index in [-0.39, 0.29) is 6.54 Å². The number of carbonyl (C=O) groups is 3. The maximum Gasteiger partial charge on any atom is 0.299 e. The zero-order valence-corrected chi connectivity index (χ0v) is 14.4. The van der Waals surface area contributed by atoms with Gasteiger partial charge in [0.15, 0.2) is 0 Å². The van der Waals surface area contributed by atoms with Gasteiger partial charge in [0.25, 0.3) is 11.7 Å². The van der Waals surface area contributed by atoms with Gasteiger partial charge < -0.3 is 0 Å². The molecule has 0 radical (unpaired) electrons. The molecule has 1 N–H and O–H groups in total. The summed E-state index contributed by atoms with van der Waals surface area (Å²) in [5.74, 6) is -1.75. The highest BCUT2D eigenvalue weighted by Crippen LogP contribution is 2.31. The molecule has 0 saturated heterocycles. The molecule has 2 aromatic rings. The fraction of sp³-hybridized carbons (Fsp3) is 0.214. The molecular formula is C14H11BrN4O3S. The third-order valence-corrected chi connectivity index (χ3v) is 4.73. The minimum absolute atomic E-state index is 0.250. The maximum absolute atomic E-state index is 12.1. The maximum atomic E-state index is 12.1. The fourth-order valence-corrected chi connectivity index (χ4v) is 3.24. The molecule has 0 aliphatic carbocycles. The van der Waals surface area contributed by atoms with E-state index in [1.165, 1.54) is 16.2 Å². The number of aromatic nitrogens is 2. The molecular weight excluding hydrogens is 384 g/mol. The van der Waals surface area contributed by atoms with Crippen LogP contribution in [0.2, 0.25) is 0 Å². The monoisotopic (exact) mass is 394 g/mol. The summed E-state index contributed by atoms with van der Waals surface area (Å²) in [6.45, 7) is 1.69. The molecule has 1 aromatic heterocycles. The SMILES string of the molecule is CCc1nnc(NC(=O)CN2C(=O)C(=O)c3cc(Br)ccc32)s1. The van der Waals surface area contributed by atoms with Crippen molar-refractivity contribution in [2.45, 2.75) is 13.3 Å². The van der Waals surface area contributed by atoms with Crippen LogP contribution in [0.15, 0.2) is 22.7 Å². The Kier molecular flexibility index (Phi) is 4.22. The number of Topliss-reactive ketones (excluding diaryl/α,β-unsaturated/α-hetero) is 1. The van der Waals surface area contributed by atoms with E-state index in [4.69, 9.17) is 0 Å². The fourth-order valence-electron chi connectivity index (χ4n) is 2.18. The smallest absolute Gasteiger partial charge is 0.299 e. The number of nitrogens with one attached hydrogen (secondary N) is 1. The van der Waals surface area contributed by atoms with Gasteiger partial charge >= 0.3 is 0 Å². The number of hydrogen-bond acceptors (Lipinski definition) is 6. The largest absolute Gasteiger partial charge is 0.299 e. The second-order valence-electron chi connectivity index (χ2n) is 4.78. The Morgan fingerprint density at radius 1 is 1.35 bits per heavy atom. The first-order chi connectivity index (χ1) is 11.0. The molecule has 0 fully saturated rings. The number of ketones is 1. The summed E-state index contributed by atoms with van der Waals surface area (Å²) in [5.41, 5.74) is 0.728. The third-order valence-electron chi connectivity index (χ3n) is 3.25. The van der Waals surface area contributed by atoms with Crippen molar-refractivity contribution < 1.29 is 14.4 Å². The molecule has 1 aromatic carbocycles. The number of nitrogens with zero attached hydrogens (tertiary/aromatic N) is 3. The van der Waals surface area contributed by atoms with Crippen LogP contribution in [0.5, 0.6) is 0 Å². The van der Waals surface area contributed by atoms with Gasteiger partial charge in [-0.3, -0.25) is 24.6 Å². The number of benzene rings is 1. The zero-order chi connectivity index (χ0) is 16.6. The molecule has 1 aliphatic rings. The number of anilines is 2. The summed E-state index contributed by atoms with van der Waals surface area (Å²) in [5, 5.41) is 11.5. The second kappa shape index (κ2) is 6.17. The van der Waals surface area contributed by atoms with Crippen LogP contribution in [-0.4, -0.2) is 34.3 Å². The molecule has 3 rings (SSSR count). The van der Waals surface area contributed by atoms with Gasteiger partial charge in [-0.15, -0.1) is 10.2 Å². The topological polar surface area (TPSA) is 92.3 Å². The predicted molar refractivity (Wildman–Crippen MR) is 88.7 cm³/mol. The van der Waals surface area contributed by atoms with E-state index in [9.17, 15) is 14.4 Å². The standard InChI is InChI=1S/C14H11BrN4O3S/c1-2-11-17-18-14(23-11)16-10(20)6-19-9-4-3-7(15)5-8(9)12(21)13(19)22/h3-5H,2,6H2,1H3,(H,16,18,20). The van der Waals surface area contributed by atoms with Crippen LogP contribution >= 0.6 is 27.3 Å². The quantitative estimate of drug-likeness (QED) is 0.800. The first-order valence-corrected chi connectivity index (χ1v) is 8.38. The number of aryl methyl sites for hydroxylation is 1. The summed E-state index contributed by atoms with van der Waals surface area (Å²) < 4.78 is 0.699. The van der Waals surface area contributed by atoms with Crippen LogP contribution in [0, 0.1) is 0 Å². The van der Waals surface area contributed by atoms with Crippen molar-refractivity contribution in [3.05, 3.63) is 33.2 Å². The Labute approximate surface area is 143 Å². The van der Waals surface area contributed by atoms with Crippen molar-refractivity contribution in [1.82, 2.24) is 10.2 Å². The van der Waals surface area contributed by atoms with Gasteiger partial charge in [-0.1, -0.05) is 34.2 Å². The molecule has 2 heterocycles. The molecule has 1 aliphatic heterocycles. The minimum Gasteiger partial charge on any atom is -0.299 e. The van der Waals surface area contributed by atoms with Crippen LogP contribution in [0.3, 0.4) is 0 Å². The lowest BCUT2D eigenvalue weighted by molar-refractivity contribution is -0.118. The first kappa shape index (κ1) is 15.8. The van der Waals surface area contributed by atoms with Gasteiger partial charge in [0.05, 0.1) is 11.3 Å². The highest BCUT2D eigenvalue weighted by atomic mass is 79.9. The minimum atomic E-state index is -0.709. The number of fused-ring (bicyclic) bond motifs is 1. The normalized spacial score (nSPS) is 13.4. The van der Waals surface area contributed by atoms with Crippen LogP contribution in [-0.2, 0) is 16.0 Å². The Bertz CT molecular complexity index is 820. The lowest BCUT2D eigenvalue weighted by atomic mass is 10.1. The van der Waals surface area contributed by atoms with Crippen LogP contribution in [0.4, 0.5) is 10.8 Å². The van der Waals surface area contributed by atoms with Gasteiger partial charge in [-0.2, -0.15) is 0 Å². The van der Waals surface area contributed by atoms with Crippen molar-refractivity contribution in [2.24, 2.45) is 0 Å². The predicted octanol–water partition coefficient (Wildman–Crippen LogP) is 2.03. The van der Waals surface area contributed by atoms with E-state index in [0.29, 0.717) is 20.9 Å². The Hall–Kier alpha value is -2.13. The van der Waals surface area contributed by atoms with Gasteiger partial charge in [0, 0.05) is 4.47 Å². The van der Waals surface area contributed by atoms with Crippen molar-refractivity contribution in [2.75, 3.05) is 16.8 Å². The van der Waals surface area contributed by atoms with E-state index in [0.717, 1.165) is 11.4 Å². The molecule has 118 valence electrons. The second-order valence-corrected chi connectivity index (χ2v) is 6.76. The van der Waals surface area contributed by atoms with Crippen LogP contribution < -0.4 is 10.2 Å². The van der Waals surface area contributed by atoms with Crippen molar-refractivity contribution in [1.29, 1.82) is 0 Å². The zero-order valence-electron chi connectivity index (χ0n) is 12.0. The summed E-state index contributed by atoms with van der Waals surface area (Å²) in [6, 6.07) is 4.93. The van der Waals surface area contributed by atoms with E-state index in [1.807, 2.05) is 6.92 Å². The molecule has 0 unspecified atom stereocenters. The molecule has 9 heteroatoms. The Morgan fingerprint density at radius 3 is 2.83 bits per heavy atom. The summed E-state index contributed by atoms with van der Waals surface area (Å²) in [4.78, 5) is 37.3. The van der Waals surface area contributed by atoms with Crippen molar-refractivity contribution in [3.63, 3.8) is 0 Å². The number of hydrogen-bond donors (Lipinski definition) is 1. The highest BCUT2D eigenvalue weighted by Gasteiger charge is 2.36. The molecule has 0 spiro atoms. The molecule has 0 atom stereocenters. The van der Waals surface area contributed by atoms with Gasteiger partial charge in [0.1, 0.15) is 11.6 Å². The first-order valence-electron chi connectivity index (χ1n) is 6.77. The van der Waals surface area contributed by atoms with Gasteiger partial charge in [-0.05, 0) is 24.6 Å². The molecule has 0 bridgehead atoms. The van der Waals surface area contributed by atoms with Crippen LogP contribution in [0.25, 0.3) is 0 Å². The molecule has 2 amide bonds. The Morgan fingerprint density at radius 2 is 2.13 bits per heavy atom. The number of rotatable bonds is 4. The molecule has 0 saturated carbocycles. The summed E-state index contributed by atoms with van der Waals surface area (Å²) >= 11 is 4.54. The van der Waals surface area contributed by atoms with Gasteiger partial charge in [0.2, 0.25) is 11.0 Å². The van der Waals surface area contributed by atoms with Crippen LogP contribution in [0.1, 0.15) is 22.3 Å². The lowest BCUT2D eigenvalue weighted by Gasteiger charge is -2.15. The number of amides is 2. The van der Waals surface area contributed by atoms with E-state index < -0.39 is 17.6 Å². The van der Waals surface area contributed by atoms with E-state index in [1.54, 1.807) is 18.2 Å². The Balaban J connectivity index is 1.76. The average molecular weight is 395 g/mol. The summed E-state index contributed by atoms with van der Waals surface area (Å²) in [6.07, 6.45) is 0.731. The average Bonchev–Trinajstić information content (AvgIpc) is 3.06.